The van der Waals surface area contributed by atoms with Crippen molar-refractivity contribution in [3.63, 3.8) is 0 Å². The summed E-state index contributed by atoms with van der Waals surface area (Å²) in [6.45, 7) is 0.721. The highest BCUT2D eigenvalue weighted by Gasteiger charge is 2.04. The smallest absolute Gasteiger partial charge is 0.119 e. The van der Waals surface area contributed by atoms with Crippen molar-refractivity contribution < 1.29 is 4.74 Å². The summed E-state index contributed by atoms with van der Waals surface area (Å²) in [6, 6.07) is 14.2. The highest BCUT2D eigenvalue weighted by atomic mass is 79.9. The predicted molar refractivity (Wildman–Crippen MR) is 89.8 cm³/mol. The molecule has 0 saturated heterocycles. The van der Waals surface area contributed by atoms with E-state index in [9.17, 15) is 0 Å². The summed E-state index contributed by atoms with van der Waals surface area (Å²) in [4.78, 5) is 4.16. The third-order valence-corrected chi connectivity index (χ3v) is 4.18. The van der Waals surface area contributed by atoms with Gasteiger partial charge in [0.15, 0.2) is 0 Å². The summed E-state index contributed by atoms with van der Waals surface area (Å²) in [5.74, 6) is 0.858. The highest BCUT2D eigenvalue weighted by molar-refractivity contribution is 9.10. The van der Waals surface area contributed by atoms with E-state index in [0.717, 1.165) is 33.4 Å². The monoisotopic (exact) mass is 342 g/mol. The number of aromatic nitrogens is 1. The number of anilines is 1. The molecule has 0 unspecified atom stereocenters. The maximum Gasteiger partial charge on any atom is 0.119 e. The van der Waals surface area contributed by atoms with E-state index in [1.54, 1.807) is 7.11 Å². The van der Waals surface area contributed by atoms with Gasteiger partial charge in [-0.1, -0.05) is 28.1 Å². The second-order valence-electron chi connectivity index (χ2n) is 4.71. The number of hydrogen-bond donors (Lipinski definition) is 1. The maximum atomic E-state index is 5.28. The van der Waals surface area contributed by atoms with Crippen LogP contribution in [0.2, 0.25) is 0 Å². The molecule has 4 heteroatoms. The fourth-order valence-corrected chi connectivity index (χ4v) is 2.67. The van der Waals surface area contributed by atoms with Gasteiger partial charge in [0.2, 0.25) is 0 Å². The molecule has 0 fully saturated rings. The Morgan fingerprint density at radius 3 is 2.95 bits per heavy atom. The molecule has 0 saturated carbocycles. The minimum absolute atomic E-state index is 0.721. The quantitative estimate of drug-likeness (QED) is 0.751. The molecular formula is C17H15BrN2O. The van der Waals surface area contributed by atoms with E-state index >= 15 is 0 Å². The van der Waals surface area contributed by atoms with E-state index in [2.05, 4.69) is 38.4 Å². The normalized spacial score (nSPS) is 10.6. The number of benzene rings is 2. The molecule has 2 aromatic carbocycles. The van der Waals surface area contributed by atoms with Crippen LogP contribution in [0.25, 0.3) is 10.8 Å². The van der Waals surface area contributed by atoms with Crippen LogP contribution in [0.5, 0.6) is 5.75 Å². The average molecular weight is 343 g/mol. The Morgan fingerprint density at radius 2 is 2.10 bits per heavy atom. The summed E-state index contributed by atoms with van der Waals surface area (Å²) in [5, 5.41) is 5.79. The van der Waals surface area contributed by atoms with Gasteiger partial charge in [0, 0.05) is 39.9 Å². The first-order chi connectivity index (χ1) is 10.3. The van der Waals surface area contributed by atoms with Crippen LogP contribution >= 0.6 is 15.9 Å². The maximum absolute atomic E-state index is 5.28. The first-order valence-electron chi connectivity index (χ1n) is 6.67. The molecule has 0 aliphatic heterocycles. The van der Waals surface area contributed by atoms with Gasteiger partial charge in [0.05, 0.1) is 7.11 Å². The van der Waals surface area contributed by atoms with Crippen LogP contribution in [-0.2, 0) is 6.54 Å². The lowest BCUT2D eigenvalue weighted by Crippen LogP contribution is -2.01. The number of ether oxygens (including phenoxy) is 1. The van der Waals surface area contributed by atoms with Crippen molar-refractivity contribution in [2.75, 3.05) is 12.4 Å². The number of pyridine rings is 1. The van der Waals surface area contributed by atoms with E-state index in [1.165, 1.54) is 5.39 Å². The van der Waals surface area contributed by atoms with E-state index in [1.807, 2.05) is 42.7 Å². The second kappa shape index (κ2) is 6.14. The molecule has 1 aromatic heterocycles. The van der Waals surface area contributed by atoms with Gasteiger partial charge in [0.25, 0.3) is 0 Å². The van der Waals surface area contributed by atoms with Crippen molar-refractivity contribution in [1.29, 1.82) is 0 Å². The van der Waals surface area contributed by atoms with Crippen LogP contribution in [-0.4, -0.2) is 12.1 Å². The van der Waals surface area contributed by atoms with Crippen LogP contribution in [0.1, 0.15) is 5.56 Å². The summed E-state index contributed by atoms with van der Waals surface area (Å²) in [6.07, 6.45) is 3.69. The average Bonchev–Trinajstić information content (AvgIpc) is 2.54. The molecule has 3 aromatic rings. The number of fused-ring (bicyclic) bond motifs is 1. The number of nitrogens with one attached hydrogen (secondary N) is 1. The van der Waals surface area contributed by atoms with Gasteiger partial charge >= 0.3 is 0 Å². The summed E-state index contributed by atoms with van der Waals surface area (Å²) < 4.78 is 6.34. The van der Waals surface area contributed by atoms with Crippen molar-refractivity contribution in [3.05, 3.63) is 64.9 Å². The Hall–Kier alpha value is -2.07. The molecule has 3 nitrogen and oxygen atoms in total. The SMILES string of the molecule is COc1ccc(Br)c(CNc2cccc3cnccc23)c1. The third-order valence-electron chi connectivity index (χ3n) is 3.40. The largest absolute Gasteiger partial charge is 0.497 e. The van der Waals surface area contributed by atoms with Gasteiger partial charge < -0.3 is 10.1 Å². The molecule has 3 rings (SSSR count). The third kappa shape index (κ3) is 3.00. The highest BCUT2D eigenvalue weighted by Crippen LogP contribution is 2.26. The van der Waals surface area contributed by atoms with E-state index < -0.39 is 0 Å². The lowest BCUT2D eigenvalue weighted by Gasteiger charge is -2.12. The van der Waals surface area contributed by atoms with Crippen LogP contribution in [0.3, 0.4) is 0 Å². The first kappa shape index (κ1) is 13.9. The summed E-state index contributed by atoms with van der Waals surface area (Å²) >= 11 is 3.58. The molecule has 0 atom stereocenters. The van der Waals surface area contributed by atoms with E-state index in [4.69, 9.17) is 4.74 Å². The zero-order valence-electron chi connectivity index (χ0n) is 11.6. The lowest BCUT2D eigenvalue weighted by molar-refractivity contribution is 0.414. The van der Waals surface area contributed by atoms with Crippen molar-refractivity contribution in [2.45, 2.75) is 6.54 Å². The number of rotatable bonds is 4. The Labute approximate surface area is 132 Å². The minimum Gasteiger partial charge on any atom is -0.497 e. The number of methoxy groups -OCH3 is 1. The fourth-order valence-electron chi connectivity index (χ4n) is 2.28. The van der Waals surface area contributed by atoms with Gasteiger partial charge in [-0.3, -0.25) is 4.98 Å². The fraction of sp³-hybridized carbons (Fsp3) is 0.118. The number of halogens is 1. The second-order valence-corrected chi connectivity index (χ2v) is 5.57. The Kier molecular flexibility index (Phi) is 4.06. The van der Waals surface area contributed by atoms with Crippen LogP contribution in [0.15, 0.2) is 59.3 Å². The Bertz CT molecular complexity index is 768. The van der Waals surface area contributed by atoms with Gasteiger partial charge in [0.1, 0.15) is 5.75 Å². The van der Waals surface area contributed by atoms with E-state index in [0.29, 0.717) is 0 Å². The molecule has 1 N–H and O–H groups in total. The standard InChI is InChI=1S/C17H15BrN2O/c1-21-14-5-6-16(18)13(9-14)11-20-17-4-2-3-12-10-19-8-7-15(12)17/h2-10,20H,11H2,1H3. The van der Waals surface area contributed by atoms with Gasteiger partial charge in [-0.05, 0) is 35.9 Å². The van der Waals surface area contributed by atoms with Crippen LogP contribution in [0.4, 0.5) is 5.69 Å². The molecule has 0 bridgehead atoms. The molecule has 0 aliphatic rings. The van der Waals surface area contributed by atoms with Crippen molar-refractivity contribution >= 4 is 32.4 Å². The molecule has 1 heterocycles. The number of hydrogen-bond acceptors (Lipinski definition) is 3. The minimum atomic E-state index is 0.721. The van der Waals surface area contributed by atoms with Gasteiger partial charge in [-0.2, -0.15) is 0 Å². The zero-order chi connectivity index (χ0) is 14.7. The molecule has 0 radical (unpaired) electrons. The molecular weight excluding hydrogens is 328 g/mol. The molecule has 21 heavy (non-hydrogen) atoms. The summed E-state index contributed by atoms with van der Waals surface area (Å²) in [7, 11) is 1.68. The lowest BCUT2D eigenvalue weighted by atomic mass is 10.1. The number of nitrogens with zero attached hydrogens (tertiary/aromatic N) is 1. The first-order valence-corrected chi connectivity index (χ1v) is 7.46. The molecule has 0 amide bonds. The molecule has 0 aliphatic carbocycles. The van der Waals surface area contributed by atoms with Gasteiger partial charge in [-0.15, -0.1) is 0 Å². The van der Waals surface area contributed by atoms with Crippen LogP contribution in [0, 0.1) is 0 Å². The molecule has 106 valence electrons. The van der Waals surface area contributed by atoms with E-state index in [-0.39, 0.29) is 0 Å². The topological polar surface area (TPSA) is 34.1 Å². The summed E-state index contributed by atoms with van der Waals surface area (Å²) in [5.41, 5.74) is 2.25. The van der Waals surface area contributed by atoms with Crippen LogP contribution < -0.4 is 10.1 Å². The van der Waals surface area contributed by atoms with Crippen molar-refractivity contribution in [3.8, 4) is 5.75 Å². The predicted octanol–water partition coefficient (Wildman–Crippen LogP) is 4.62. The van der Waals surface area contributed by atoms with Crippen molar-refractivity contribution in [1.82, 2.24) is 4.98 Å². The zero-order valence-corrected chi connectivity index (χ0v) is 13.2. The van der Waals surface area contributed by atoms with Crippen molar-refractivity contribution in [2.24, 2.45) is 0 Å². The Balaban J connectivity index is 1.87. The van der Waals surface area contributed by atoms with Gasteiger partial charge in [-0.25, -0.2) is 0 Å². The Morgan fingerprint density at radius 1 is 1.19 bits per heavy atom. The molecule has 0 spiro atoms.